The van der Waals surface area contributed by atoms with E-state index >= 15 is 0 Å². The molecule has 1 heteroatoms. The van der Waals surface area contributed by atoms with Crippen LogP contribution in [0.3, 0.4) is 0 Å². The number of hydrogen-bond acceptors (Lipinski definition) is 1. The van der Waals surface area contributed by atoms with Crippen LogP contribution in [0.1, 0.15) is 36.9 Å². The summed E-state index contributed by atoms with van der Waals surface area (Å²) in [6.07, 6.45) is 4.22. The summed E-state index contributed by atoms with van der Waals surface area (Å²) >= 11 is 0. The maximum atomic E-state index is 4.73. The number of hydrogen-bond donors (Lipinski definition) is 0. The second-order valence-corrected chi connectivity index (χ2v) is 4.34. The molecule has 0 heterocycles. The zero-order valence-corrected chi connectivity index (χ0v) is 10.8. The summed E-state index contributed by atoms with van der Waals surface area (Å²) in [5.41, 5.74) is 2.49. The van der Waals surface area contributed by atoms with Crippen molar-refractivity contribution in [2.45, 2.75) is 25.8 Å². The van der Waals surface area contributed by atoms with Crippen molar-refractivity contribution < 1.29 is 0 Å². The van der Waals surface area contributed by atoms with Gasteiger partial charge in [0.25, 0.3) is 0 Å². The van der Waals surface area contributed by atoms with E-state index < -0.39 is 0 Å². The molecule has 2 rings (SSSR count). The standard InChI is InChI=1S/C17H19N/c1-2-3-14-18-17(15-10-6-4-7-11-15)16-12-8-5-9-13-16/h4-14,17H,2-3H2,1H3. The third-order valence-corrected chi connectivity index (χ3v) is 2.90. The molecule has 0 radical (unpaired) electrons. The van der Waals surface area contributed by atoms with E-state index in [1.54, 1.807) is 0 Å². The molecule has 0 saturated heterocycles. The molecule has 0 saturated carbocycles. The smallest absolute Gasteiger partial charge is 0.0995 e. The Morgan fingerprint density at radius 1 is 0.889 bits per heavy atom. The Balaban J connectivity index is 2.29. The van der Waals surface area contributed by atoms with E-state index in [2.05, 4.69) is 55.5 Å². The molecule has 0 aromatic heterocycles. The molecule has 0 unspecified atom stereocenters. The summed E-state index contributed by atoms with van der Waals surface area (Å²) in [4.78, 5) is 4.73. The van der Waals surface area contributed by atoms with Crippen LogP contribution in [-0.2, 0) is 0 Å². The van der Waals surface area contributed by atoms with Crippen molar-refractivity contribution in [3.05, 3.63) is 71.8 Å². The maximum Gasteiger partial charge on any atom is 0.0995 e. The second-order valence-electron chi connectivity index (χ2n) is 4.34. The van der Waals surface area contributed by atoms with Gasteiger partial charge < -0.3 is 0 Å². The molecule has 18 heavy (non-hydrogen) atoms. The first-order valence-corrected chi connectivity index (χ1v) is 6.53. The van der Waals surface area contributed by atoms with Gasteiger partial charge in [-0.3, -0.25) is 4.99 Å². The van der Waals surface area contributed by atoms with Gasteiger partial charge in [-0.1, -0.05) is 74.0 Å². The fraction of sp³-hybridized carbons (Fsp3) is 0.235. The molecule has 0 N–H and O–H groups in total. The van der Waals surface area contributed by atoms with Gasteiger partial charge >= 0.3 is 0 Å². The number of benzene rings is 2. The summed E-state index contributed by atoms with van der Waals surface area (Å²) in [5, 5.41) is 0. The zero-order chi connectivity index (χ0) is 12.6. The van der Waals surface area contributed by atoms with Crippen LogP contribution < -0.4 is 0 Å². The minimum absolute atomic E-state index is 0.124. The zero-order valence-electron chi connectivity index (χ0n) is 10.8. The summed E-state index contributed by atoms with van der Waals surface area (Å²) < 4.78 is 0. The van der Waals surface area contributed by atoms with Crippen LogP contribution in [0, 0.1) is 0 Å². The van der Waals surface area contributed by atoms with Gasteiger partial charge in [0.05, 0.1) is 6.04 Å². The van der Waals surface area contributed by atoms with Crippen molar-refractivity contribution in [2.75, 3.05) is 0 Å². The van der Waals surface area contributed by atoms with Gasteiger partial charge in [0.15, 0.2) is 0 Å². The van der Waals surface area contributed by atoms with Gasteiger partial charge in [0, 0.05) is 0 Å². The number of aliphatic imine (C=N–C) groups is 1. The third-order valence-electron chi connectivity index (χ3n) is 2.90. The number of nitrogens with zero attached hydrogens (tertiary/aromatic N) is 1. The van der Waals surface area contributed by atoms with Gasteiger partial charge in [-0.2, -0.15) is 0 Å². The van der Waals surface area contributed by atoms with Gasteiger partial charge in [-0.15, -0.1) is 0 Å². The van der Waals surface area contributed by atoms with E-state index in [-0.39, 0.29) is 6.04 Å². The van der Waals surface area contributed by atoms with Crippen LogP contribution in [0.4, 0.5) is 0 Å². The molecule has 0 aliphatic carbocycles. The van der Waals surface area contributed by atoms with Crippen molar-refractivity contribution in [3.63, 3.8) is 0 Å². The topological polar surface area (TPSA) is 12.4 Å². The van der Waals surface area contributed by atoms with Gasteiger partial charge in [-0.05, 0) is 23.8 Å². The molecule has 0 spiro atoms. The molecular formula is C17H19N. The highest BCUT2D eigenvalue weighted by molar-refractivity contribution is 5.58. The predicted molar refractivity (Wildman–Crippen MR) is 78.1 cm³/mol. The summed E-state index contributed by atoms with van der Waals surface area (Å²) in [7, 11) is 0. The normalized spacial score (nSPS) is 11.2. The van der Waals surface area contributed by atoms with Crippen LogP contribution in [-0.4, -0.2) is 6.21 Å². The number of unbranched alkanes of at least 4 members (excludes halogenated alkanes) is 1. The van der Waals surface area contributed by atoms with Crippen LogP contribution in [0.5, 0.6) is 0 Å². The van der Waals surface area contributed by atoms with Crippen molar-refractivity contribution in [3.8, 4) is 0 Å². The molecule has 2 aromatic carbocycles. The lowest BCUT2D eigenvalue weighted by molar-refractivity contribution is 0.866. The highest BCUT2D eigenvalue weighted by Gasteiger charge is 2.10. The number of rotatable bonds is 5. The summed E-state index contributed by atoms with van der Waals surface area (Å²) in [5.74, 6) is 0. The first-order chi connectivity index (χ1) is 8.92. The Hall–Kier alpha value is -1.89. The van der Waals surface area contributed by atoms with Gasteiger partial charge in [0.1, 0.15) is 0 Å². The molecule has 0 bridgehead atoms. The van der Waals surface area contributed by atoms with Crippen LogP contribution >= 0.6 is 0 Å². The molecule has 0 amide bonds. The molecular weight excluding hydrogens is 218 g/mol. The Morgan fingerprint density at radius 2 is 1.39 bits per heavy atom. The largest absolute Gasteiger partial charge is 0.285 e. The first kappa shape index (κ1) is 12.6. The SMILES string of the molecule is CCCC=NC(c1ccccc1)c1ccccc1. The summed E-state index contributed by atoms with van der Waals surface area (Å²) in [6, 6.07) is 21.0. The first-order valence-electron chi connectivity index (χ1n) is 6.53. The van der Waals surface area contributed by atoms with Crippen molar-refractivity contribution in [1.29, 1.82) is 0 Å². The Labute approximate surface area is 109 Å². The van der Waals surface area contributed by atoms with Crippen LogP contribution in [0.2, 0.25) is 0 Å². The fourth-order valence-electron chi connectivity index (χ4n) is 1.94. The van der Waals surface area contributed by atoms with E-state index in [1.807, 2.05) is 18.3 Å². The monoisotopic (exact) mass is 237 g/mol. The average Bonchev–Trinajstić information content (AvgIpc) is 2.46. The maximum absolute atomic E-state index is 4.73. The van der Waals surface area contributed by atoms with E-state index in [0.717, 1.165) is 12.8 Å². The van der Waals surface area contributed by atoms with E-state index in [9.17, 15) is 0 Å². The van der Waals surface area contributed by atoms with E-state index in [1.165, 1.54) is 11.1 Å². The Morgan fingerprint density at radius 3 is 1.83 bits per heavy atom. The minimum atomic E-state index is 0.124. The third kappa shape index (κ3) is 3.30. The van der Waals surface area contributed by atoms with Crippen molar-refractivity contribution in [1.82, 2.24) is 0 Å². The van der Waals surface area contributed by atoms with E-state index in [0.29, 0.717) is 0 Å². The van der Waals surface area contributed by atoms with Crippen molar-refractivity contribution >= 4 is 6.21 Å². The highest BCUT2D eigenvalue weighted by atomic mass is 14.8. The molecule has 92 valence electrons. The van der Waals surface area contributed by atoms with Gasteiger partial charge in [0.2, 0.25) is 0 Å². The molecule has 0 aliphatic heterocycles. The minimum Gasteiger partial charge on any atom is -0.285 e. The lowest BCUT2D eigenvalue weighted by atomic mass is 9.99. The fourth-order valence-corrected chi connectivity index (χ4v) is 1.94. The Bertz CT molecular complexity index is 434. The van der Waals surface area contributed by atoms with E-state index in [4.69, 9.17) is 4.99 Å². The highest BCUT2D eigenvalue weighted by Crippen LogP contribution is 2.25. The van der Waals surface area contributed by atoms with Crippen molar-refractivity contribution in [2.24, 2.45) is 4.99 Å². The molecule has 1 nitrogen and oxygen atoms in total. The molecule has 2 aromatic rings. The molecule has 0 aliphatic rings. The predicted octanol–water partition coefficient (Wildman–Crippen LogP) is 4.65. The lowest BCUT2D eigenvalue weighted by Gasteiger charge is -2.13. The quantitative estimate of drug-likeness (QED) is 0.671. The van der Waals surface area contributed by atoms with Crippen LogP contribution in [0.15, 0.2) is 65.7 Å². The molecule has 0 fully saturated rings. The summed E-state index contributed by atoms with van der Waals surface area (Å²) in [6.45, 7) is 2.17. The van der Waals surface area contributed by atoms with Gasteiger partial charge in [-0.25, -0.2) is 0 Å². The second kappa shape index (κ2) is 6.75. The molecule has 0 atom stereocenters. The van der Waals surface area contributed by atoms with Crippen LogP contribution in [0.25, 0.3) is 0 Å². The lowest BCUT2D eigenvalue weighted by Crippen LogP contribution is -1.98. The Kier molecular flexibility index (Phi) is 4.71. The average molecular weight is 237 g/mol.